The topological polar surface area (TPSA) is 78.5 Å². The molecular formula is C22H29N3O3S. The Morgan fingerprint density at radius 1 is 0.966 bits per heavy atom. The van der Waals surface area contributed by atoms with Gasteiger partial charge in [0.2, 0.25) is 10.0 Å². The molecule has 0 atom stereocenters. The molecule has 29 heavy (non-hydrogen) atoms. The van der Waals surface area contributed by atoms with E-state index in [1.54, 1.807) is 31.2 Å². The monoisotopic (exact) mass is 415 g/mol. The quantitative estimate of drug-likeness (QED) is 0.693. The Morgan fingerprint density at radius 2 is 1.62 bits per heavy atom. The van der Waals surface area contributed by atoms with Gasteiger partial charge in [-0.3, -0.25) is 14.4 Å². The van der Waals surface area contributed by atoms with Crippen LogP contribution in [0.2, 0.25) is 0 Å². The predicted molar refractivity (Wildman–Crippen MR) is 116 cm³/mol. The molecule has 0 bridgehead atoms. The van der Waals surface area contributed by atoms with E-state index < -0.39 is 10.0 Å². The Morgan fingerprint density at radius 3 is 2.28 bits per heavy atom. The molecular weight excluding hydrogens is 386 g/mol. The fourth-order valence-corrected chi connectivity index (χ4v) is 4.10. The number of piperidine rings is 1. The molecule has 156 valence electrons. The van der Waals surface area contributed by atoms with Gasteiger partial charge in [0.05, 0.1) is 5.75 Å². The fraction of sp³-hybridized carbons (Fsp3) is 0.409. The van der Waals surface area contributed by atoms with Crippen LogP contribution in [0.4, 0.5) is 5.69 Å². The molecule has 0 saturated carbocycles. The molecule has 3 rings (SSSR count). The van der Waals surface area contributed by atoms with Crippen LogP contribution in [0.15, 0.2) is 48.5 Å². The Labute approximate surface area is 173 Å². The van der Waals surface area contributed by atoms with Crippen molar-refractivity contribution in [2.75, 3.05) is 23.6 Å². The van der Waals surface area contributed by atoms with E-state index in [0.29, 0.717) is 17.8 Å². The smallest absolute Gasteiger partial charge is 0.251 e. The average molecular weight is 416 g/mol. The van der Waals surface area contributed by atoms with Crippen molar-refractivity contribution in [2.24, 2.45) is 0 Å². The second-order valence-corrected chi connectivity index (χ2v) is 9.38. The molecule has 1 saturated heterocycles. The number of amides is 1. The lowest BCUT2D eigenvalue weighted by Crippen LogP contribution is -2.30. The Bertz CT molecular complexity index is 921. The van der Waals surface area contributed by atoms with Crippen molar-refractivity contribution in [1.29, 1.82) is 0 Å². The van der Waals surface area contributed by atoms with Gasteiger partial charge in [-0.25, -0.2) is 8.42 Å². The van der Waals surface area contributed by atoms with Crippen molar-refractivity contribution in [2.45, 2.75) is 39.3 Å². The van der Waals surface area contributed by atoms with Gasteiger partial charge in [0.1, 0.15) is 0 Å². The zero-order chi connectivity index (χ0) is 20.7. The summed E-state index contributed by atoms with van der Waals surface area (Å²) in [7, 11) is -3.32. The van der Waals surface area contributed by atoms with Crippen LogP contribution in [0.5, 0.6) is 0 Å². The first-order chi connectivity index (χ1) is 14.0. The van der Waals surface area contributed by atoms with E-state index >= 15 is 0 Å². The summed E-state index contributed by atoms with van der Waals surface area (Å²) < 4.78 is 25.7. The predicted octanol–water partition coefficient (Wildman–Crippen LogP) is 3.36. The van der Waals surface area contributed by atoms with Crippen molar-refractivity contribution < 1.29 is 13.2 Å². The summed E-state index contributed by atoms with van der Waals surface area (Å²) in [6, 6.07) is 14.7. The molecule has 1 fully saturated rings. The largest absolute Gasteiger partial charge is 0.348 e. The summed E-state index contributed by atoms with van der Waals surface area (Å²) in [5.41, 5.74) is 3.33. The number of carbonyl (C=O) groups is 1. The summed E-state index contributed by atoms with van der Waals surface area (Å²) >= 11 is 0. The van der Waals surface area contributed by atoms with Crippen molar-refractivity contribution in [3.05, 3.63) is 65.2 Å². The van der Waals surface area contributed by atoms with Crippen LogP contribution in [0, 0.1) is 0 Å². The Hall–Kier alpha value is -2.38. The van der Waals surface area contributed by atoms with E-state index in [9.17, 15) is 13.2 Å². The molecule has 0 aliphatic carbocycles. The van der Waals surface area contributed by atoms with Gasteiger partial charge in [0.25, 0.3) is 5.91 Å². The maximum atomic E-state index is 12.5. The van der Waals surface area contributed by atoms with Crippen LogP contribution in [-0.2, 0) is 23.1 Å². The summed E-state index contributed by atoms with van der Waals surface area (Å²) in [4.78, 5) is 15.0. The van der Waals surface area contributed by atoms with Crippen molar-refractivity contribution in [1.82, 2.24) is 10.2 Å². The third-order valence-corrected chi connectivity index (χ3v) is 6.51. The third-order valence-electron chi connectivity index (χ3n) is 5.20. The van der Waals surface area contributed by atoms with Gasteiger partial charge in [-0.1, -0.05) is 30.7 Å². The van der Waals surface area contributed by atoms with Crippen LogP contribution in [0.25, 0.3) is 0 Å². The van der Waals surface area contributed by atoms with E-state index in [1.807, 2.05) is 12.1 Å². The van der Waals surface area contributed by atoms with E-state index in [1.165, 1.54) is 24.8 Å². The molecule has 1 amide bonds. The van der Waals surface area contributed by atoms with Gasteiger partial charge < -0.3 is 5.32 Å². The molecule has 1 aliphatic rings. The number of likely N-dealkylation sites (tertiary alicyclic amines) is 1. The molecule has 1 aliphatic heterocycles. The van der Waals surface area contributed by atoms with Crippen LogP contribution >= 0.6 is 0 Å². The van der Waals surface area contributed by atoms with Crippen molar-refractivity contribution in [3.63, 3.8) is 0 Å². The summed E-state index contributed by atoms with van der Waals surface area (Å²) in [6.07, 6.45) is 3.82. The van der Waals surface area contributed by atoms with Crippen LogP contribution in [0.1, 0.15) is 47.7 Å². The second-order valence-electron chi connectivity index (χ2n) is 7.37. The molecule has 2 aromatic carbocycles. The SMILES string of the molecule is CCS(=O)(=O)Nc1ccc(C(=O)NCc2ccccc2CN2CCCCC2)cc1. The number of carbonyl (C=O) groups excluding carboxylic acids is 1. The highest BCUT2D eigenvalue weighted by molar-refractivity contribution is 7.92. The minimum Gasteiger partial charge on any atom is -0.348 e. The molecule has 0 radical (unpaired) electrons. The lowest BCUT2D eigenvalue weighted by atomic mass is 10.0. The minimum absolute atomic E-state index is 0.00603. The van der Waals surface area contributed by atoms with Crippen molar-refractivity contribution in [3.8, 4) is 0 Å². The van der Waals surface area contributed by atoms with Gasteiger partial charge in [0, 0.05) is 24.3 Å². The van der Waals surface area contributed by atoms with Crippen LogP contribution < -0.4 is 10.0 Å². The zero-order valence-electron chi connectivity index (χ0n) is 16.9. The number of nitrogens with one attached hydrogen (secondary N) is 2. The van der Waals surface area contributed by atoms with E-state index in [0.717, 1.165) is 25.2 Å². The highest BCUT2D eigenvalue weighted by atomic mass is 32.2. The number of sulfonamides is 1. The summed E-state index contributed by atoms with van der Waals surface area (Å²) in [5.74, 6) is -0.172. The van der Waals surface area contributed by atoms with E-state index in [2.05, 4.69) is 27.1 Å². The van der Waals surface area contributed by atoms with Gasteiger partial charge in [-0.05, 0) is 68.2 Å². The van der Waals surface area contributed by atoms with Crippen molar-refractivity contribution >= 4 is 21.6 Å². The van der Waals surface area contributed by atoms with E-state index in [-0.39, 0.29) is 11.7 Å². The first-order valence-electron chi connectivity index (χ1n) is 10.1. The third kappa shape index (κ3) is 6.30. The highest BCUT2D eigenvalue weighted by Crippen LogP contribution is 2.17. The molecule has 0 unspecified atom stereocenters. The minimum atomic E-state index is -3.32. The molecule has 2 N–H and O–H groups in total. The lowest BCUT2D eigenvalue weighted by Gasteiger charge is -2.27. The van der Waals surface area contributed by atoms with Crippen LogP contribution in [0.3, 0.4) is 0 Å². The summed E-state index contributed by atoms with van der Waals surface area (Å²) in [5, 5.41) is 2.98. The fourth-order valence-electron chi connectivity index (χ4n) is 3.46. The number of hydrogen-bond acceptors (Lipinski definition) is 4. The molecule has 2 aromatic rings. The number of anilines is 1. The molecule has 0 aromatic heterocycles. The highest BCUT2D eigenvalue weighted by Gasteiger charge is 2.13. The lowest BCUT2D eigenvalue weighted by molar-refractivity contribution is 0.0950. The Kier molecular flexibility index (Phi) is 7.28. The number of nitrogens with zero attached hydrogens (tertiary/aromatic N) is 1. The van der Waals surface area contributed by atoms with Gasteiger partial charge in [-0.2, -0.15) is 0 Å². The number of benzene rings is 2. The summed E-state index contributed by atoms with van der Waals surface area (Å²) in [6.45, 7) is 5.22. The maximum Gasteiger partial charge on any atom is 0.251 e. The Balaban J connectivity index is 1.59. The first-order valence-corrected chi connectivity index (χ1v) is 11.8. The van der Waals surface area contributed by atoms with Gasteiger partial charge >= 0.3 is 0 Å². The van der Waals surface area contributed by atoms with Crippen LogP contribution in [-0.4, -0.2) is 38.1 Å². The standard InChI is InChI=1S/C22H29N3O3S/c1-2-29(27,28)24-21-12-10-18(11-13-21)22(26)23-16-19-8-4-5-9-20(19)17-25-14-6-3-7-15-25/h4-5,8-13,24H,2-3,6-7,14-17H2,1H3,(H,23,26). The molecule has 1 heterocycles. The van der Waals surface area contributed by atoms with Gasteiger partial charge in [0.15, 0.2) is 0 Å². The molecule has 0 spiro atoms. The maximum absolute atomic E-state index is 12.5. The number of rotatable bonds is 8. The normalized spacial score (nSPS) is 15.1. The van der Waals surface area contributed by atoms with E-state index in [4.69, 9.17) is 0 Å². The molecule has 6 nitrogen and oxygen atoms in total. The van der Waals surface area contributed by atoms with Gasteiger partial charge in [-0.15, -0.1) is 0 Å². The zero-order valence-corrected chi connectivity index (χ0v) is 17.7. The average Bonchev–Trinajstić information content (AvgIpc) is 2.74. The molecule has 7 heteroatoms. The number of hydrogen-bond donors (Lipinski definition) is 2. The first kappa shape index (κ1) is 21.3. The second kappa shape index (κ2) is 9.89.